The third-order valence-electron chi connectivity index (χ3n) is 4.33. The van der Waals surface area contributed by atoms with Crippen molar-refractivity contribution in [2.24, 2.45) is 11.8 Å². The first-order valence-corrected chi connectivity index (χ1v) is 7.10. The Balaban J connectivity index is 1.99. The van der Waals surface area contributed by atoms with Crippen LogP contribution in [0.4, 0.5) is 11.4 Å². The second-order valence-corrected chi connectivity index (χ2v) is 6.05. The minimum absolute atomic E-state index is 0.647. The van der Waals surface area contributed by atoms with Crippen LogP contribution in [0.15, 0.2) is 24.3 Å². The van der Waals surface area contributed by atoms with E-state index in [-0.39, 0.29) is 0 Å². The third-order valence-corrected chi connectivity index (χ3v) is 4.33. The van der Waals surface area contributed by atoms with E-state index in [9.17, 15) is 0 Å². The zero-order valence-corrected chi connectivity index (χ0v) is 12.1. The molecule has 0 spiro atoms. The van der Waals surface area contributed by atoms with Crippen LogP contribution in [0.3, 0.4) is 0 Å². The van der Waals surface area contributed by atoms with Gasteiger partial charge in [0.2, 0.25) is 0 Å². The molecule has 100 valence electrons. The third kappa shape index (κ3) is 3.18. The lowest BCUT2D eigenvalue weighted by atomic mass is 9.79. The Morgan fingerprint density at radius 2 is 1.89 bits per heavy atom. The first kappa shape index (κ1) is 13.3. The molecule has 1 N–H and O–H groups in total. The lowest BCUT2D eigenvalue weighted by Crippen LogP contribution is -2.30. The predicted octanol–water partition coefficient (Wildman–Crippen LogP) is 3.99. The van der Waals surface area contributed by atoms with Gasteiger partial charge >= 0.3 is 0 Å². The largest absolute Gasteiger partial charge is 0.382 e. The van der Waals surface area contributed by atoms with Crippen molar-refractivity contribution in [3.8, 4) is 0 Å². The molecular weight excluding hydrogens is 220 g/mol. The van der Waals surface area contributed by atoms with E-state index in [0.29, 0.717) is 6.04 Å². The van der Waals surface area contributed by atoms with Gasteiger partial charge in [0.05, 0.1) is 0 Å². The normalized spacial score (nSPS) is 27.9. The molecule has 1 fully saturated rings. The van der Waals surface area contributed by atoms with Crippen LogP contribution in [0.25, 0.3) is 0 Å². The van der Waals surface area contributed by atoms with E-state index in [4.69, 9.17) is 0 Å². The molecule has 0 radical (unpaired) electrons. The van der Waals surface area contributed by atoms with Gasteiger partial charge in [-0.3, -0.25) is 0 Å². The molecule has 1 aliphatic rings. The number of hydrogen-bond acceptors (Lipinski definition) is 2. The number of anilines is 2. The van der Waals surface area contributed by atoms with Gasteiger partial charge in [0.1, 0.15) is 0 Å². The van der Waals surface area contributed by atoms with Gasteiger partial charge in [0.25, 0.3) is 0 Å². The molecular formula is C16H26N2. The van der Waals surface area contributed by atoms with Gasteiger partial charge in [-0.2, -0.15) is 0 Å². The Kier molecular flexibility index (Phi) is 4.15. The lowest BCUT2D eigenvalue weighted by Gasteiger charge is -2.33. The highest BCUT2D eigenvalue weighted by Crippen LogP contribution is 2.31. The van der Waals surface area contributed by atoms with E-state index < -0.39 is 0 Å². The molecule has 0 aromatic heterocycles. The molecule has 0 bridgehead atoms. The quantitative estimate of drug-likeness (QED) is 0.867. The maximum Gasteiger partial charge on any atom is 0.0381 e. The zero-order chi connectivity index (χ0) is 13.1. The fraction of sp³-hybridized carbons (Fsp3) is 0.625. The first-order valence-electron chi connectivity index (χ1n) is 7.10. The zero-order valence-electron chi connectivity index (χ0n) is 12.1. The Bertz CT molecular complexity index is 386. The Labute approximate surface area is 111 Å². The molecule has 0 heterocycles. The summed E-state index contributed by atoms with van der Waals surface area (Å²) >= 11 is 0. The van der Waals surface area contributed by atoms with Crippen molar-refractivity contribution < 1.29 is 0 Å². The van der Waals surface area contributed by atoms with Gasteiger partial charge in [-0.25, -0.2) is 0 Å². The minimum Gasteiger partial charge on any atom is -0.382 e. The number of rotatable bonds is 3. The second-order valence-electron chi connectivity index (χ2n) is 6.05. The van der Waals surface area contributed by atoms with Gasteiger partial charge < -0.3 is 10.2 Å². The molecule has 2 nitrogen and oxygen atoms in total. The van der Waals surface area contributed by atoms with E-state index in [1.54, 1.807) is 0 Å². The molecule has 1 aromatic rings. The Hall–Kier alpha value is -1.18. The Morgan fingerprint density at radius 1 is 1.11 bits per heavy atom. The van der Waals surface area contributed by atoms with Crippen molar-refractivity contribution in [1.82, 2.24) is 0 Å². The van der Waals surface area contributed by atoms with Gasteiger partial charge in [-0.05, 0) is 49.3 Å². The fourth-order valence-electron chi connectivity index (χ4n) is 2.79. The van der Waals surface area contributed by atoms with E-state index in [1.165, 1.54) is 30.6 Å². The number of nitrogens with zero attached hydrogens (tertiary/aromatic N) is 1. The van der Waals surface area contributed by atoms with Crippen molar-refractivity contribution >= 4 is 11.4 Å². The molecule has 0 aliphatic heterocycles. The van der Waals surface area contributed by atoms with Crippen molar-refractivity contribution in [2.75, 3.05) is 24.3 Å². The summed E-state index contributed by atoms with van der Waals surface area (Å²) in [5, 5.41) is 3.70. The van der Waals surface area contributed by atoms with Crippen LogP contribution in [0.1, 0.15) is 33.1 Å². The molecule has 2 heteroatoms. The molecule has 0 saturated heterocycles. The van der Waals surface area contributed by atoms with Gasteiger partial charge in [0, 0.05) is 31.5 Å². The number of nitrogens with one attached hydrogen (secondary N) is 1. The van der Waals surface area contributed by atoms with Crippen molar-refractivity contribution in [2.45, 2.75) is 39.2 Å². The maximum absolute atomic E-state index is 3.70. The smallest absolute Gasteiger partial charge is 0.0381 e. The summed E-state index contributed by atoms with van der Waals surface area (Å²) in [6.07, 6.45) is 3.96. The van der Waals surface area contributed by atoms with E-state index in [2.05, 4.69) is 62.4 Å². The standard InChI is InChI=1S/C16H26N2/c1-12-8-9-15(10-13(12)2)17-14-6-5-7-16(11-14)18(3)4/h5-7,11-13,15,17H,8-10H2,1-4H3. The van der Waals surface area contributed by atoms with Crippen LogP contribution in [-0.4, -0.2) is 20.1 Å². The van der Waals surface area contributed by atoms with Crippen LogP contribution in [0, 0.1) is 11.8 Å². The van der Waals surface area contributed by atoms with E-state index in [0.717, 1.165) is 11.8 Å². The average molecular weight is 246 g/mol. The molecule has 0 amide bonds. The van der Waals surface area contributed by atoms with Crippen LogP contribution in [-0.2, 0) is 0 Å². The molecule has 3 atom stereocenters. The van der Waals surface area contributed by atoms with Crippen LogP contribution >= 0.6 is 0 Å². The van der Waals surface area contributed by atoms with Crippen LogP contribution < -0.4 is 10.2 Å². The molecule has 1 saturated carbocycles. The van der Waals surface area contributed by atoms with Gasteiger partial charge in [-0.1, -0.05) is 19.9 Å². The molecule has 1 aromatic carbocycles. The molecule has 1 aliphatic carbocycles. The van der Waals surface area contributed by atoms with Gasteiger partial charge in [0.15, 0.2) is 0 Å². The minimum atomic E-state index is 0.647. The lowest BCUT2D eigenvalue weighted by molar-refractivity contribution is 0.261. The summed E-state index contributed by atoms with van der Waals surface area (Å²) in [7, 11) is 4.17. The topological polar surface area (TPSA) is 15.3 Å². The van der Waals surface area contributed by atoms with Crippen molar-refractivity contribution in [3.63, 3.8) is 0 Å². The van der Waals surface area contributed by atoms with E-state index in [1.807, 2.05) is 0 Å². The fourth-order valence-corrected chi connectivity index (χ4v) is 2.79. The summed E-state index contributed by atoms with van der Waals surface area (Å²) in [6.45, 7) is 4.77. The SMILES string of the molecule is CC1CCC(Nc2cccc(N(C)C)c2)CC1C. The molecule has 18 heavy (non-hydrogen) atoms. The Morgan fingerprint density at radius 3 is 2.56 bits per heavy atom. The molecule has 2 rings (SSSR count). The second kappa shape index (κ2) is 5.64. The highest BCUT2D eigenvalue weighted by Gasteiger charge is 2.24. The van der Waals surface area contributed by atoms with Crippen LogP contribution in [0.5, 0.6) is 0 Å². The maximum atomic E-state index is 3.70. The van der Waals surface area contributed by atoms with Crippen molar-refractivity contribution in [3.05, 3.63) is 24.3 Å². The van der Waals surface area contributed by atoms with Crippen molar-refractivity contribution in [1.29, 1.82) is 0 Å². The monoisotopic (exact) mass is 246 g/mol. The highest BCUT2D eigenvalue weighted by atomic mass is 15.1. The summed E-state index contributed by atoms with van der Waals surface area (Å²) < 4.78 is 0. The van der Waals surface area contributed by atoms with E-state index >= 15 is 0 Å². The summed E-state index contributed by atoms with van der Waals surface area (Å²) in [4.78, 5) is 2.15. The summed E-state index contributed by atoms with van der Waals surface area (Å²) in [5.41, 5.74) is 2.52. The summed E-state index contributed by atoms with van der Waals surface area (Å²) in [5.74, 6) is 1.73. The number of benzene rings is 1. The number of hydrogen-bond donors (Lipinski definition) is 1. The van der Waals surface area contributed by atoms with Gasteiger partial charge in [-0.15, -0.1) is 0 Å². The summed E-state index contributed by atoms with van der Waals surface area (Å²) in [6, 6.07) is 9.34. The first-order chi connectivity index (χ1) is 8.56. The predicted molar refractivity (Wildman–Crippen MR) is 80.4 cm³/mol. The van der Waals surface area contributed by atoms with Crippen LogP contribution in [0.2, 0.25) is 0 Å². The highest BCUT2D eigenvalue weighted by molar-refractivity contribution is 5.57. The average Bonchev–Trinajstić information content (AvgIpc) is 2.34. The molecule has 3 unspecified atom stereocenters.